The maximum absolute atomic E-state index is 13.2. The second-order valence-electron chi connectivity index (χ2n) is 4.18. The summed E-state index contributed by atoms with van der Waals surface area (Å²) in [6.07, 6.45) is 0.244. The number of hydrogen-bond donors (Lipinski definition) is 2. The molecule has 0 bridgehead atoms. The van der Waals surface area contributed by atoms with E-state index in [-0.39, 0.29) is 24.2 Å². The van der Waals surface area contributed by atoms with Crippen LogP contribution in [0.1, 0.15) is 11.1 Å². The Hall–Kier alpha value is -1.42. The molecule has 1 amide bonds. The fourth-order valence-electron chi connectivity index (χ4n) is 1.60. The van der Waals surface area contributed by atoms with Gasteiger partial charge in [-0.3, -0.25) is 4.79 Å². The van der Waals surface area contributed by atoms with Crippen molar-refractivity contribution in [3.8, 4) is 0 Å². The summed E-state index contributed by atoms with van der Waals surface area (Å²) in [7, 11) is 0. The molecule has 1 saturated heterocycles. The van der Waals surface area contributed by atoms with Crippen molar-refractivity contribution in [1.29, 1.82) is 0 Å². The number of halogens is 1. The third kappa shape index (κ3) is 2.58. The third-order valence-corrected chi connectivity index (χ3v) is 2.75. The van der Waals surface area contributed by atoms with E-state index in [0.29, 0.717) is 11.1 Å². The Kier molecular flexibility index (Phi) is 3.19. The summed E-state index contributed by atoms with van der Waals surface area (Å²) in [5.41, 5.74) is 1.32. The van der Waals surface area contributed by atoms with Crippen LogP contribution < -0.4 is 10.6 Å². The van der Waals surface area contributed by atoms with E-state index in [4.69, 9.17) is 0 Å². The zero-order chi connectivity index (χ0) is 11.5. The van der Waals surface area contributed by atoms with Crippen LogP contribution in [0.3, 0.4) is 0 Å². The van der Waals surface area contributed by atoms with Gasteiger partial charge in [0.15, 0.2) is 0 Å². The number of amides is 1. The molecule has 1 aliphatic heterocycles. The number of hydrogen-bond acceptors (Lipinski definition) is 2. The van der Waals surface area contributed by atoms with Crippen LogP contribution in [0.5, 0.6) is 0 Å². The molecule has 1 fully saturated rings. The number of aryl methyl sites for hydroxylation is 1. The number of carbonyl (C=O) groups excluding carboxylic acids is 1. The molecule has 1 aliphatic rings. The van der Waals surface area contributed by atoms with Gasteiger partial charge in [-0.15, -0.1) is 0 Å². The molecular formula is C12H15FN2O. The van der Waals surface area contributed by atoms with E-state index in [2.05, 4.69) is 10.6 Å². The van der Waals surface area contributed by atoms with Crippen LogP contribution in [0.25, 0.3) is 0 Å². The highest BCUT2D eigenvalue weighted by Gasteiger charge is 2.18. The van der Waals surface area contributed by atoms with Crippen molar-refractivity contribution >= 4 is 5.91 Å². The lowest BCUT2D eigenvalue weighted by molar-refractivity contribution is -0.121. The summed E-state index contributed by atoms with van der Waals surface area (Å²) in [6, 6.07) is 5.15. The molecule has 1 heterocycles. The summed E-state index contributed by atoms with van der Waals surface area (Å²) in [6.45, 7) is 3.36. The van der Waals surface area contributed by atoms with Crippen LogP contribution in [-0.2, 0) is 11.2 Å². The monoisotopic (exact) mass is 222 g/mol. The van der Waals surface area contributed by atoms with Gasteiger partial charge in [-0.1, -0.05) is 12.1 Å². The standard InChI is InChI=1S/C12H15FN2O/c1-8-2-3-9(4-11(8)13)5-12(16)15-10-6-14-7-10/h2-4,10,14H,5-7H2,1H3,(H,15,16). The molecule has 0 unspecified atom stereocenters. The molecule has 86 valence electrons. The van der Waals surface area contributed by atoms with Crippen LogP contribution in [0.15, 0.2) is 18.2 Å². The van der Waals surface area contributed by atoms with Crippen molar-refractivity contribution < 1.29 is 9.18 Å². The van der Waals surface area contributed by atoms with Gasteiger partial charge in [0.1, 0.15) is 5.82 Å². The lowest BCUT2D eigenvalue weighted by atomic mass is 10.1. The Balaban J connectivity index is 1.92. The predicted octanol–water partition coefficient (Wildman–Crippen LogP) is 0.765. The molecule has 1 aromatic carbocycles. The Morgan fingerprint density at radius 3 is 2.88 bits per heavy atom. The normalized spacial score (nSPS) is 15.6. The number of benzene rings is 1. The Morgan fingerprint density at radius 2 is 2.31 bits per heavy atom. The van der Waals surface area contributed by atoms with Crippen LogP contribution in [0.4, 0.5) is 4.39 Å². The fourth-order valence-corrected chi connectivity index (χ4v) is 1.60. The lowest BCUT2D eigenvalue weighted by Gasteiger charge is -2.27. The van der Waals surface area contributed by atoms with Gasteiger partial charge in [0, 0.05) is 13.1 Å². The number of nitrogens with one attached hydrogen (secondary N) is 2. The van der Waals surface area contributed by atoms with Crippen LogP contribution >= 0.6 is 0 Å². The van der Waals surface area contributed by atoms with Crippen LogP contribution in [-0.4, -0.2) is 25.0 Å². The van der Waals surface area contributed by atoms with Crippen molar-refractivity contribution in [2.45, 2.75) is 19.4 Å². The first-order chi connectivity index (χ1) is 7.65. The minimum atomic E-state index is -0.254. The molecule has 0 saturated carbocycles. The molecule has 0 radical (unpaired) electrons. The van der Waals surface area contributed by atoms with Crippen LogP contribution in [0, 0.1) is 12.7 Å². The average molecular weight is 222 g/mol. The van der Waals surface area contributed by atoms with Gasteiger partial charge in [0.25, 0.3) is 0 Å². The molecule has 1 aromatic rings. The SMILES string of the molecule is Cc1ccc(CC(=O)NC2CNC2)cc1F. The van der Waals surface area contributed by atoms with E-state index < -0.39 is 0 Å². The topological polar surface area (TPSA) is 41.1 Å². The lowest BCUT2D eigenvalue weighted by Crippen LogP contribution is -2.57. The van der Waals surface area contributed by atoms with Crippen molar-refractivity contribution in [3.05, 3.63) is 35.1 Å². The second kappa shape index (κ2) is 4.61. The van der Waals surface area contributed by atoms with Crippen molar-refractivity contribution in [2.75, 3.05) is 13.1 Å². The molecule has 4 heteroatoms. The largest absolute Gasteiger partial charge is 0.351 e. The third-order valence-electron chi connectivity index (χ3n) is 2.75. The van der Waals surface area contributed by atoms with Crippen LogP contribution in [0.2, 0.25) is 0 Å². The zero-order valence-electron chi connectivity index (χ0n) is 9.22. The Labute approximate surface area is 94.0 Å². The minimum Gasteiger partial charge on any atom is -0.351 e. The molecule has 16 heavy (non-hydrogen) atoms. The average Bonchev–Trinajstić information content (AvgIpc) is 2.18. The second-order valence-corrected chi connectivity index (χ2v) is 4.18. The Bertz CT molecular complexity index is 402. The van der Waals surface area contributed by atoms with E-state index >= 15 is 0 Å². The van der Waals surface area contributed by atoms with Gasteiger partial charge in [0.05, 0.1) is 12.5 Å². The highest BCUT2D eigenvalue weighted by molar-refractivity contribution is 5.79. The zero-order valence-corrected chi connectivity index (χ0v) is 9.22. The van der Waals surface area contributed by atoms with Crippen molar-refractivity contribution in [1.82, 2.24) is 10.6 Å². The molecule has 0 aromatic heterocycles. The first-order valence-corrected chi connectivity index (χ1v) is 5.40. The first-order valence-electron chi connectivity index (χ1n) is 5.40. The van der Waals surface area contributed by atoms with E-state index in [9.17, 15) is 9.18 Å². The smallest absolute Gasteiger partial charge is 0.224 e. The minimum absolute atomic E-state index is 0.0465. The van der Waals surface area contributed by atoms with E-state index in [1.807, 2.05) is 0 Å². The number of carbonyl (C=O) groups is 1. The quantitative estimate of drug-likeness (QED) is 0.793. The van der Waals surface area contributed by atoms with Gasteiger partial charge < -0.3 is 10.6 Å². The summed E-state index contributed by atoms with van der Waals surface area (Å²) >= 11 is 0. The van der Waals surface area contributed by atoms with E-state index in [1.165, 1.54) is 6.07 Å². The van der Waals surface area contributed by atoms with Gasteiger partial charge in [0.2, 0.25) is 5.91 Å². The molecule has 0 atom stereocenters. The number of rotatable bonds is 3. The maximum atomic E-state index is 13.2. The molecule has 2 rings (SSSR count). The van der Waals surface area contributed by atoms with Crippen molar-refractivity contribution in [2.24, 2.45) is 0 Å². The highest BCUT2D eigenvalue weighted by atomic mass is 19.1. The summed E-state index contributed by atoms with van der Waals surface area (Å²) in [5, 5.41) is 5.95. The highest BCUT2D eigenvalue weighted by Crippen LogP contribution is 2.09. The fraction of sp³-hybridized carbons (Fsp3) is 0.417. The van der Waals surface area contributed by atoms with E-state index in [0.717, 1.165) is 13.1 Å². The summed E-state index contributed by atoms with van der Waals surface area (Å²) in [5.74, 6) is -0.301. The molecule has 0 spiro atoms. The van der Waals surface area contributed by atoms with E-state index in [1.54, 1.807) is 19.1 Å². The van der Waals surface area contributed by atoms with Gasteiger partial charge in [-0.2, -0.15) is 0 Å². The summed E-state index contributed by atoms with van der Waals surface area (Å²) < 4.78 is 13.2. The molecule has 2 N–H and O–H groups in total. The maximum Gasteiger partial charge on any atom is 0.224 e. The van der Waals surface area contributed by atoms with Gasteiger partial charge >= 0.3 is 0 Å². The van der Waals surface area contributed by atoms with Crippen molar-refractivity contribution in [3.63, 3.8) is 0 Å². The predicted molar refractivity (Wildman–Crippen MR) is 59.6 cm³/mol. The Morgan fingerprint density at radius 1 is 1.56 bits per heavy atom. The first kappa shape index (κ1) is 11.1. The molecule has 0 aliphatic carbocycles. The molecular weight excluding hydrogens is 207 g/mol. The van der Waals surface area contributed by atoms with Gasteiger partial charge in [-0.25, -0.2) is 4.39 Å². The summed E-state index contributed by atoms with van der Waals surface area (Å²) in [4.78, 5) is 11.6. The van der Waals surface area contributed by atoms with Gasteiger partial charge in [-0.05, 0) is 24.1 Å². The molecule has 3 nitrogen and oxygen atoms in total.